The lowest BCUT2D eigenvalue weighted by atomic mass is 10.2. The van der Waals surface area contributed by atoms with Gasteiger partial charge in [0.15, 0.2) is 18.1 Å². The van der Waals surface area contributed by atoms with Crippen LogP contribution >= 0.6 is 11.8 Å². The minimum absolute atomic E-state index is 0.103. The highest BCUT2D eigenvalue weighted by molar-refractivity contribution is 7.99. The van der Waals surface area contributed by atoms with Crippen LogP contribution in [-0.2, 0) is 13.2 Å². The normalized spacial score (nSPS) is 11.6. The number of rotatable bonds is 5. The Hall–Kier alpha value is -2.80. The van der Waals surface area contributed by atoms with Crippen molar-refractivity contribution in [2.75, 3.05) is 12.4 Å². The molecule has 28 heavy (non-hydrogen) atoms. The third-order valence-electron chi connectivity index (χ3n) is 3.97. The van der Waals surface area contributed by atoms with Gasteiger partial charge in [0.2, 0.25) is 0 Å². The van der Waals surface area contributed by atoms with Crippen molar-refractivity contribution in [1.29, 1.82) is 5.26 Å². The largest absolute Gasteiger partial charge is 0.477 e. The smallest absolute Gasteiger partial charge is 0.417 e. The molecule has 0 aliphatic carbocycles. The van der Waals surface area contributed by atoms with Crippen molar-refractivity contribution in [1.82, 2.24) is 19.5 Å². The molecular weight excluding hydrogens is 391 g/mol. The molecule has 3 aromatic heterocycles. The molecule has 0 spiro atoms. The zero-order valence-electron chi connectivity index (χ0n) is 15.3. The van der Waals surface area contributed by atoms with Gasteiger partial charge in [0, 0.05) is 18.1 Å². The molecule has 6 nitrogen and oxygen atoms in total. The van der Waals surface area contributed by atoms with Crippen LogP contribution in [0.3, 0.4) is 0 Å². The van der Waals surface area contributed by atoms with E-state index < -0.39 is 11.7 Å². The molecule has 10 heteroatoms. The predicted molar refractivity (Wildman–Crippen MR) is 99.0 cm³/mol. The Balaban J connectivity index is 2.16. The Morgan fingerprint density at radius 1 is 1.29 bits per heavy atom. The van der Waals surface area contributed by atoms with Crippen LogP contribution in [0.25, 0.3) is 22.7 Å². The summed E-state index contributed by atoms with van der Waals surface area (Å²) in [5.74, 6) is 1.64. The van der Waals surface area contributed by atoms with E-state index in [1.54, 1.807) is 24.6 Å². The van der Waals surface area contributed by atoms with E-state index >= 15 is 0 Å². The van der Waals surface area contributed by atoms with Gasteiger partial charge in [-0.1, -0.05) is 6.92 Å². The van der Waals surface area contributed by atoms with Gasteiger partial charge in [0.1, 0.15) is 23.0 Å². The van der Waals surface area contributed by atoms with Crippen LogP contribution in [-0.4, -0.2) is 31.9 Å². The maximum Gasteiger partial charge on any atom is 0.417 e. The quantitative estimate of drug-likeness (QED) is 0.585. The van der Waals surface area contributed by atoms with E-state index in [0.717, 1.165) is 22.9 Å². The van der Waals surface area contributed by atoms with Crippen molar-refractivity contribution in [3.8, 4) is 23.3 Å². The van der Waals surface area contributed by atoms with Gasteiger partial charge < -0.3 is 9.30 Å². The van der Waals surface area contributed by atoms with Gasteiger partial charge in [-0.2, -0.15) is 18.4 Å². The highest BCUT2D eigenvalue weighted by Crippen LogP contribution is 2.36. The first-order valence-corrected chi connectivity index (χ1v) is 9.29. The summed E-state index contributed by atoms with van der Waals surface area (Å²) in [6.45, 7) is 3.60. The number of nitriles is 1. The zero-order chi connectivity index (χ0) is 20.5. The van der Waals surface area contributed by atoms with E-state index in [0.29, 0.717) is 28.6 Å². The van der Waals surface area contributed by atoms with Gasteiger partial charge in [-0.05, 0) is 24.8 Å². The van der Waals surface area contributed by atoms with Crippen LogP contribution in [0.15, 0.2) is 23.2 Å². The number of fused-ring (bicyclic) bond motifs is 1. The maximum atomic E-state index is 13.0. The zero-order valence-corrected chi connectivity index (χ0v) is 16.1. The summed E-state index contributed by atoms with van der Waals surface area (Å²) in [4.78, 5) is 13.6. The van der Waals surface area contributed by atoms with Crippen molar-refractivity contribution >= 4 is 22.9 Å². The van der Waals surface area contributed by atoms with E-state index in [1.165, 1.54) is 11.8 Å². The topological polar surface area (TPSA) is 76.6 Å². The lowest BCUT2D eigenvalue weighted by Gasteiger charge is -2.12. The molecule has 3 aromatic rings. The summed E-state index contributed by atoms with van der Waals surface area (Å²) < 4.78 is 46.0. The Labute approximate surface area is 163 Å². The fraction of sp³-hybridized carbons (Fsp3) is 0.333. The Kier molecular flexibility index (Phi) is 5.47. The van der Waals surface area contributed by atoms with Gasteiger partial charge in [-0.25, -0.2) is 15.0 Å². The van der Waals surface area contributed by atoms with Gasteiger partial charge in [0.05, 0.1) is 11.3 Å². The molecule has 0 aliphatic rings. The second-order valence-electron chi connectivity index (χ2n) is 5.86. The van der Waals surface area contributed by atoms with Crippen LogP contribution in [0.1, 0.15) is 18.2 Å². The summed E-state index contributed by atoms with van der Waals surface area (Å²) >= 11 is 1.50. The first-order valence-electron chi connectivity index (χ1n) is 8.30. The molecule has 0 aromatic carbocycles. The van der Waals surface area contributed by atoms with Crippen LogP contribution < -0.4 is 4.74 Å². The van der Waals surface area contributed by atoms with Gasteiger partial charge in [0.25, 0.3) is 0 Å². The summed E-state index contributed by atoms with van der Waals surface area (Å²) in [6, 6.07) is 4.67. The molecule has 146 valence electrons. The Morgan fingerprint density at radius 3 is 2.68 bits per heavy atom. The first-order chi connectivity index (χ1) is 13.3. The molecule has 3 rings (SSSR count). The molecule has 0 bridgehead atoms. The maximum absolute atomic E-state index is 13.0. The van der Waals surface area contributed by atoms with E-state index in [-0.39, 0.29) is 12.1 Å². The fourth-order valence-corrected chi connectivity index (χ4v) is 3.47. The van der Waals surface area contributed by atoms with Crippen molar-refractivity contribution in [2.24, 2.45) is 7.05 Å². The van der Waals surface area contributed by atoms with E-state index in [2.05, 4.69) is 15.0 Å². The highest BCUT2D eigenvalue weighted by atomic mass is 32.2. The van der Waals surface area contributed by atoms with Crippen molar-refractivity contribution < 1.29 is 17.9 Å². The van der Waals surface area contributed by atoms with E-state index in [1.807, 2.05) is 13.0 Å². The third kappa shape index (κ3) is 3.75. The van der Waals surface area contributed by atoms with Crippen molar-refractivity contribution in [3.63, 3.8) is 0 Å². The average Bonchev–Trinajstić information content (AvgIpc) is 2.97. The average molecular weight is 407 g/mol. The minimum Gasteiger partial charge on any atom is -0.477 e. The first kappa shape index (κ1) is 19.9. The van der Waals surface area contributed by atoms with E-state index in [4.69, 9.17) is 10.00 Å². The second kappa shape index (κ2) is 7.67. The van der Waals surface area contributed by atoms with Crippen molar-refractivity contribution in [2.45, 2.75) is 24.9 Å². The third-order valence-corrected chi connectivity index (χ3v) is 4.88. The molecule has 0 saturated carbocycles. The number of pyridine rings is 2. The van der Waals surface area contributed by atoms with E-state index in [9.17, 15) is 13.2 Å². The number of aromatic nitrogens is 4. The highest BCUT2D eigenvalue weighted by Gasteiger charge is 2.32. The molecular formula is C18H16F3N5OS. The summed E-state index contributed by atoms with van der Waals surface area (Å²) in [6.07, 6.45) is -3.69. The summed E-state index contributed by atoms with van der Waals surface area (Å²) in [5, 5.41) is 8.72. The molecule has 0 atom stereocenters. The van der Waals surface area contributed by atoms with Crippen molar-refractivity contribution in [3.05, 3.63) is 29.6 Å². The molecule has 0 radical (unpaired) electrons. The van der Waals surface area contributed by atoms with Gasteiger partial charge in [-0.3, -0.25) is 0 Å². The SMILES string of the molecule is CCSc1cc(OCC#N)c(C)nc1-c1nc2cc(C(F)(F)F)cnc2n1C. The monoisotopic (exact) mass is 407 g/mol. The molecule has 0 N–H and O–H groups in total. The van der Waals surface area contributed by atoms with Crippen LogP contribution in [0.4, 0.5) is 13.2 Å². The summed E-state index contributed by atoms with van der Waals surface area (Å²) in [7, 11) is 1.68. The fourth-order valence-electron chi connectivity index (χ4n) is 2.69. The number of hydrogen-bond donors (Lipinski definition) is 0. The summed E-state index contributed by atoms with van der Waals surface area (Å²) in [5.41, 5.74) is 0.713. The Bertz CT molecular complexity index is 1070. The predicted octanol–water partition coefficient (Wildman–Crippen LogP) is 4.37. The number of ether oxygens (including phenoxy) is 1. The number of hydrogen-bond acceptors (Lipinski definition) is 6. The van der Waals surface area contributed by atoms with Crippen LogP contribution in [0.5, 0.6) is 5.75 Å². The number of thioether (sulfide) groups is 1. The number of imidazole rings is 1. The van der Waals surface area contributed by atoms with Crippen LogP contribution in [0, 0.1) is 18.3 Å². The molecule has 0 amide bonds. The standard InChI is InChI=1S/C18H16F3N5OS/c1-4-28-14-8-13(27-6-5-22)10(2)24-15(14)17-25-12-7-11(18(19,20)21)9-23-16(12)26(17)3/h7-9H,4,6H2,1-3H3. The van der Waals surface area contributed by atoms with Crippen LogP contribution in [0.2, 0.25) is 0 Å². The minimum atomic E-state index is -4.49. The second-order valence-corrected chi connectivity index (χ2v) is 7.16. The number of halogens is 3. The van der Waals surface area contributed by atoms with Gasteiger partial charge in [-0.15, -0.1) is 11.8 Å². The molecule has 0 unspecified atom stereocenters. The molecule has 0 aliphatic heterocycles. The molecule has 0 saturated heterocycles. The molecule has 3 heterocycles. The lowest BCUT2D eigenvalue weighted by Crippen LogP contribution is -2.05. The lowest BCUT2D eigenvalue weighted by molar-refractivity contribution is -0.137. The number of aryl methyl sites for hydroxylation is 2. The van der Waals surface area contributed by atoms with Gasteiger partial charge >= 0.3 is 6.18 Å². The Morgan fingerprint density at radius 2 is 2.04 bits per heavy atom. The molecule has 0 fully saturated rings. The number of nitrogens with zero attached hydrogens (tertiary/aromatic N) is 5. The number of alkyl halides is 3.